The average molecular weight is 267 g/mol. The van der Waals surface area contributed by atoms with Crippen LogP contribution in [0.5, 0.6) is 0 Å². The van der Waals surface area contributed by atoms with Crippen LogP contribution in [-0.2, 0) is 11.2 Å². The lowest BCUT2D eigenvalue weighted by Crippen LogP contribution is -2.30. The number of benzene rings is 1. The van der Waals surface area contributed by atoms with Gasteiger partial charge in [-0.25, -0.2) is 0 Å². The number of aryl methyl sites for hydroxylation is 1. The number of anilines is 1. The summed E-state index contributed by atoms with van der Waals surface area (Å²) in [6.07, 6.45) is 8.11. The minimum atomic E-state index is 0.00995. The summed E-state index contributed by atoms with van der Waals surface area (Å²) in [6, 6.07) is 11.8. The maximum Gasteiger partial charge on any atom is 0.251 e. The summed E-state index contributed by atoms with van der Waals surface area (Å²) < 4.78 is 5.21. The maximum atomic E-state index is 12.4. The number of furan rings is 1. The number of hydrogen-bond donors (Lipinski definition) is 0. The monoisotopic (exact) mass is 267 g/mol. The van der Waals surface area contributed by atoms with Gasteiger partial charge in [0.25, 0.3) is 5.91 Å². The maximum absolute atomic E-state index is 12.4. The molecule has 102 valence electrons. The van der Waals surface area contributed by atoms with Gasteiger partial charge in [-0.3, -0.25) is 4.79 Å². The Balaban J connectivity index is 1.84. The van der Waals surface area contributed by atoms with Gasteiger partial charge in [0.1, 0.15) is 5.76 Å². The van der Waals surface area contributed by atoms with Crippen LogP contribution in [0.2, 0.25) is 0 Å². The van der Waals surface area contributed by atoms with E-state index in [0.717, 1.165) is 31.5 Å². The van der Waals surface area contributed by atoms with Gasteiger partial charge in [-0.1, -0.05) is 18.2 Å². The summed E-state index contributed by atoms with van der Waals surface area (Å²) in [4.78, 5) is 14.3. The van der Waals surface area contributed by atoms with Crippen LogP contribution >= 0.6 is 0 Å². The molecule has 0 saturated carbocycles. The highest BCUT2D eigenvalue weighted by Crippen LogP contribution is 2.26. The van der Waals surface area contributed by atoms with E-state index in [1.807, 2.05) is 35.2 Å². The number of fused-ring (bicyclic) bond motifs is 1. The van der Waals surface area contributed by atoms with Crippen molar-refractivity contribution in [3.05, 3.63) is 60.1 Å². The van der Waals surface area contributed by atoms with Crippen LogP contribution in [0.15, 0.2) is 53.2 Å². The smallest absolute Gasteiger partial charge is 0.251 e. The first kappa shape index (κ1) is 12.7. The van der Waals surface area contributed by atoms with Crippen molar-refractivity contribution in [1.82, 2.24) is 0 Å². The molecule has 0 radical (unpaired) electrons. The molecule has 0 saturated heterocycles. The number of nitrogens with zero attached hydrogens (tertiary/aromatic N) is 1. The Hall–Kier alpha value is -2.29. The van der Waals surface area contributed by atoms with Crippen LogP contribution in [0.3, 0.4) is 0 Å². The second kappa shape index (κ2) is 5.78. The fourth-order valence-corrected chi connectivity index (χ4v) is 2.55. The highest BCUT2D eigenvalue weighted by molar-refractivity contribution is 6.04. The largest absolute Gasteiger partial charge is 0.465 e. The molecule has 3 nitrogen and oxygen atoms in total. The van der Waals surface area contributed by atoms with Gasteiger partial charge in [-0.15, -0.1) is 0 Å². The first-order chi connectivity index (χ1) is 9.84. The molecular weight excluding hydrogens is 250 g/mol. The number of rotatable bonds is 2. The van der Waals surface area contributed by atoms with E-state index < -0.39 is 0 Å². The van der Waals surface area contributed by atoms with Gasteiger partial charge >= 0.3 is 0 Å². The number of hydrogen-bond acceptors (Lipinski definition) is 2. The molecule has 0 aliphatic carbocycles. The lowest BCUT2D eigenvalue weighted by Gasteiger charge is -2.21. The standard InChI is InChI=1S/C17H17NO2/c19-17(11-10-15-8-5-13-20-15)18-12-4-3-7-14-6-1-2-9-16(14)18/h1-2,5-6,8-11,13H,3-4,7,12H2/b11-10+. The van der Waals surface area contributed by atoms with Crippen molar-refractivity contribution in [3.8, 4) is 0 Å². The summed E-state index contributed by atoms with van der Waals surface area (Å²) in [7, 11) is 0. The van der Waals surface area contributed by atoms with Crippen molar-refractivity contribution in [2.75, 3.05) is 11.4 Å². The summed E-state index contributed by atoms with van der Waals surface area (Å²) >= 11 is 0. The van der Waals surface area contributed by atoms with Crippen LogP contribution in [0.25, 0.3) is 6.08 Å². The van der Waals surface area contributed by atoms with Crippen LogP contribution in [0, 0.1) is 0 Å². The van der Waals surface area contributed by atoms with E-state index in [1.165, 1.54) is 5.56 Å². The molecule has 2 heterocycles. The first-order valence-corrected chi connectivity index (χ1v) is 6.95. The zero-order valence-electron chi connectivity index (χ0n) is 11.3. The molecule has 3 rings (SSSR count). The Morgan fingerprint density at radius 1 is 1.15 bits per heavy atom. The van der Waals surface area contributed by atoms with Crippen LogP contribution in [0.4, 0.5) is 5.69 Å². The number of para-hydroxylation sites is 1. The first-order valence-electron chi connectivity index (χ1n) is 6.95. The van der Waals surface area contributed by atoms with Crippen molar-refractivity contribution in [2.24, 2.45) is 0 Å². The predicted octanol–water partition coefficient (Wildman–Crippen LogP) is 3.66. The Kier molecular flexibility index (Phi) is 3.68. The molecule has 2 aromatic rings. The molecule has 0 N–H and O–H groups in total. The predicted molar refractivity (Wildman–Crippen MR) is 79.5 cm³/mol. The van der Waals surface area contributed by atoms with Crippen molar-refractivity contribution >= 4 is 17.7 Å². The molecule has 1 aliphatic heterocycles. The van der Waals surface area contributed by atoms with Gasteiger partial charge in [-0.05, 0) is 49.1 Å². The molecule has 1 amide bonds. The van der Waals surface area contributed by atoms with Crippen LogP contribution < -0.4 is 4.90 Å². The van der Waals surface area contributed by atoms with E-state index in [4.69, 9.17) is 4.42 Å². The van der Waals surface area contributed by atoms with Gasteiger partial charge in [0.15, 0.2) is 0 Å². The minimum Gasteiger partial charge on any atom is -0.465 e. The lowest BCUT2D eigenvalue weighted by atomic mass is 10.1. The molecule has 1 aromatic heterocycles. The normalized spacial score (nSPS) is 15.1. The van der Waals surface area contributed by atoms with Gasteiger partial charge < -0.3 is 9.32 Å². The van der Waals surface area contributed by atoms with E-state index >= 15 is 0 Å². The average Bonchev–Trinajstić information content (AvgIpc) is 2.90. The number of carbonyl (C=O) groups excluding carboxylic acids is 1. The van der Waals surface area contributed by atoms with E-state index in [9.17, 15) is 4.79 Å². The topological polar surface area (TPSA) is 33.5 Å². The zero-order chi connectivity index (χ0) is 13.8. The molecule has 1 aliphatic rings. The second-order valence-corrected chi connectivity index (χ2v) is 4.92. The van der Waals surface area contributed by atoms with Gasteiger partial charge in [-0.2, -0.15) is 0 Å². The SMILES string of the molecule is O=C(/C=C/c1ccco1)N1CCCCc2ccccc21. The van der Waals surface area contributed by atoms with Gasteiger partial charge in [0, 0.05) is 18.3 Å². The third-order valence-electron chi connectivity index (χ3n) is 3.56. The third-order valence-corrected chi connectivity index (χ3v) is 3.56. The fraction of sp³-hybridized carbons (Fsp3) is 0.235. The van der Waals surface area contributed by atoms with Crippen LogP contribution in [-0.4, -0.2) is 12.5 Å². The van der Waals surface area contributed by atoms with Gasteiger partial charge in [0.05, 0.1) is 6.26 Å². The second-order valence-electron chi connectivity index (χ2n) is 4.92. The molecular formula is C17H17NO2. The summed E-state index contributed by atoms with van der Waals surface area (Å²) in [5.41, 5.74) is 2.30. The third kappa shape index (κ3) is 2.67. The Morgan fingerprint density at radius 2 is 2.05 bits per heavy atom. The van der Waals surface area contributed by atoms with Crippen molar-refractivity contribution in [1.29, 1.82) is 0 Å². The molecule has 3 heteroatoms. The molecule has 20 heavy (non-hydrogen) atoms. The number of carbonyl (C=O) groups is 1. The fourth-order valence-electron chi connectivity index (χ4n) is 2.55. The molecule has 0 bridgehead atoms. The minimum absolute atomic E-state index is 0.00995. The summed E-state index contributed by atoms with van der Waals surface area (Å²) in [5, 5.41) is 0. The van der Waals surface area contributed by atoms with E-state index in [2.05, 4.69) is 6.07 Å². The van der Waals surface area contributed by atoms with E-state index in [1.54, 1.807) is 18.4 Å². The van der Waals surface area contributed by atoms with Crippen molar-refractivity contribution < 1.29 is 9.21 Å². The molecule has 0 atom stereocenters. The van der Waals surface area contributed by atoms with Crippen LogP contribution in [0.1, 0.15) is 24.2 Å². The Morgan fingerprint density at radius 3 is 2.90 bits per heavy atom. The lowest BCUT2D eigenvalue weighted by molar-refractivity contribution is -0.114. The Bertz CT molecular complexity index is 614. The zero-order valence-corrected chi connectivity index (χ0v) is 11.3. The molecule has 0 unspecified atom stereocenters. The van der Waals surface area contributed by atoms with Gasteiger partial charge in [0.2, 0.25) is 0 Å². The summed E-state index contributed by atoms with van der Waals surface area (Å²) in [5.74, 6) is 0.706. The summed E-state index contributed by atoms with van der Waals surface area (Å²) in [6.45, 7) is 0.776. The van der Waals surface area contributed by atoms with E-state index in [-0.39, 0.29) is 5.91 Å². The number of amides is 1. The quantitative estimate of drug-likeness (QED) is 0.778. The van der Waals surface area contributed by atoms with Crippen molar-refractivity contribution in [2.45, 2.75) is 19.3 Å². The van der Waals surface area contributed by atoms with Crippen molar-refractivity contribution in [3.63, 3.8) is 0 Å². The highest BCUT2D eigenvalue weighted by atomic mass is 16.3. The Labute approximate surface area is 118 Å². The molecule has 0 spiro atoms. The van der Waals surface area contributed by atoms with E-state index in [0.29, 0.717) is 5.76 Å². The highest BCUT2D eigenvalue weighted by Gasteiger charge is 2.18. The molecule has 0 fully saturated rings. The molecule has 1 aromatic carbocycles.